The molecule has 9 heavy (non-hydrogen) atoms. The molecule has 1 fully saturated rings. The van der Waals surface area contributed by atoms with Gasteiger partial charge in [0, 0.05) is 6.42 Å². The maximum absolute atomic E-state index is 12.6. The minimum atomic E-state index is -0.727. The number of halogens is 1. The second kappa shape index (κ2) is 2.65. The van der Waals surface area contributed by atoms with Crippen LogP contribution in [0.3, 0.4) is 0 Å². The van der Waals surface area contributed by atoms with E-state index in [9.17, 15) is 4.39 Å². The van der Waals surface area contributed by atoms with Crippen LogP contribution >= 0.6 is 0 Å². The summed E-state index contributed by atoms with van der Waals surface area (Å²) in [6, 6.07) is 0. The van der Waals surface area contributed by atoms with Crippen molar-refractivity contribution in [1.29, 1.82) is 0 Å². The van der Waals surface area contributed by atoms with Crippen LogP contribution in [0.5, 0.6) is 0 Å². The highest BCUT2D eigenvalue weighted by Gasteiger charge is 2.30. The van der Waals surface area contributed by atoms with Crippen molar-refractivity contribution in [2.75, 3.05) is 0 Å². The quantitative estimate of drug-likeness (QED) is 0.529. The highest BCUT2D eigenvalue weighted by atomic mass is 19.1. The van der Waals surface area contributed by atoms with Gasteiger partial charge in [0.2, 0.25) is 0 Å². The molecule has 0 amide bonds. The van der Waals surface area contributed by atoms with Crippen LogP contribution in [0, 0.1) is 0 Å². The van der Waals surface area contributed by atoms with Crippen molar-refractivity contribution >= 4 is 0 Å². The van der Waals surface area contributed by atoms with Gasteiger partial charge in [0.05, 0.1) is 12.2 Å². The predicted molar refractivity (Wildman–Crippen MR) is 34.1 cm³/mol. The molecule has 2 heteroatoms. The summed E-state index contributed by atoms with van der Waals surface area (Å²) in [6.07, 6.45) is 0.808. The van der Waals surface area contributed by atoms with Gasteiger partial charge in [0.1, 0.15) is 6.17 Å². The second-order valence-electron chi connectivity index (χ2n) is 2.62. The standard InChI is InChI=1S/C7H13FO/c1-3-6-4-7(8)5(2)9-6/h5-7H,3-4H2,1-2H3/t5-,6+,7-/m0/s1. The molecule has 54 valence electrons. The van der Waals surface area contributed by atoms with Gasteiger partial charge in [-0.15, -0.1) is 0 Å². The molecule has 0 aromatic heterocycles. The zero-order chi connectivity index (χ0) is 6.85. The lowest BCUT2D eigenvalue weighted by Gasteiger charge is -2.05. The largest absolute Gasteiger partial charge is 0.372 e. The van der Waals surface area contributed by atoms with Crippen molar-refractivity contribution in [3.8, 4) is 0 Å². The number of alkyl halides is 1. The zero-order valence-corrected chi connectivity index (χ0v) is 5.93. The van der Waals surface area contributed by atoms with Gasteiger partial charge in [0.15, 0.2) is 0 Å². The van der Waals surface area contributed by atoms with Crippen LogP contribution in [-0.2, 0) is 4.74 Å². The number of hydrogen-bond donors (Lipinski definition) is 0. The first-order valence-electron chi connectivity index (χ1n) is 3.53. The summed E-state index contributed by atoms with van der Waals surface area (Å²) >= 11 is 0. The summed E-state index contributed by atoms with van der Waals surface area (Å²) in [5.41, 5.74) is 0. The lowest BCUT2D eigenvalue weighted by Crippen LogP contribution is -2.10. The molecule has 0 N–H and O–H groups in total. The van der Waals surface area contributed by atoms with Crippen LogP contribution in [0.1, 0.15) is 26.7 Å². The molecule has 1 aliphatic rings. The minimum Gasteiger partial charge on any atom is -0.372 e. The third kappa shape index (κ3) is 1.42. The fourth-order valence-corrected chi connectivity index (χ4v) is 1.15. The fraction of sp³-hybridized carbons (Fsp3) is 1.00. The molecule has 1 rings (SSSR count). The maximum Gasteiger partial charge on any atom is 0.128 e. The van der Waals surface area contributed by atoms with E-state index in [2.05, 4.69) is 0 Å². The van der Waals surface area contributed by atoms with Crippen LogP contribution in [-0.4, -0.2) is 18.4 Å². The molecule has 3 atom stereocenters. The van der Waals surface area contributed by atoms with Crippen molar-refractivity contribution in [3.63, 3.8) is 0 Å². The van der Waals surface area contributed by atoms with E-state index >= 15 is 0 Å². The van der Waals surface area contributed by atoms with E-state index in [-0.39, 0.29) is 12.2 Å². The zero-order valence-electron chi connectivity index (χ0n) is 5.93. The molecule has 1 saturated heterocycles. The van der Waals surface area contributed by atoms with Gasteiger partial charge in [-0.05, 0) is 13.3 Å². The lowest BCUT2D eigenvalue weighted by atomic mass is 10.1. The van der Waals surface area contributed by atoms with Crippen molar-refractivity contribution < 1.29 is 9.13 Å². The normalized spacial score (nSPS) is 43.7. The predicted octanol–water partition coefficient (Wildman–Crippen LogP) is 1.91. The summed E-state index contributed by atoms with van der Waals surface area (Å²) in [7, 11) is 0. The molecule has 1 nitrogen and oxygen atoms in total. The third-order valence-electron chi connectivity index (χ3n) is 1.86. The van der Waals surface area contributed by atoms with E-state index in [1.807, 2.05) is 6.92 Å². The fourth-order valence-electron chi connectivity index (χ4n) is 1.15. The monoisotopic (exact) mass is 132 g/mol. The van der Waals surface area contributed by atoms with E-state index in [1.54, 1.807) is 6.92 Å². The van der Waals surface area contributed by atoms with Gasteiger partial charge in [-0.3, -0.25) is 0 Å². The van der Waals surface area contributed by atoms with Gasteiger partial charge in [-0.1, -0.05) is 6.92 Å². The first kappa shape index (κ1) is 7.00. The number of hydrogen-bond acceptors (Lipinski definition) is 1. The highest BCUT2D eigenvalue weighted by molar-refractivity contribution is 4.78. The summed E-state index contributed by atoms with van der Waals surface area (Å²) in [4.78, 5) is 0. The van der Waals surface area contributed by atoms with Gasteiger partial charge < -0.3 is 4.74 Å². The molecular formula is C7H13FO. The van der Waals surface area contributed by atoms with Gasteiger partial charge >= 0.3 is 0 Å². The summed E-state index contributed by atoms with van der Waals surface area (Å²) in [6.45, 7) is 3.82. The van der Waals surface area contributed by atoms with Crippen molar-refractivity contribution in [2.24, 2.45) is 0 Å². The van der Waals surface area contributed by atoms with Crippen molar-refractivity contribution in [1.82, 2.24) is 0 Å². The molecule has 0 saturated carbocycles. The Kier molecular flexibility index (Phi) is 2.06. The Labute approximate surface area is 55.2 Å². The lowest BCUT2D eigenvalue weighted by molar-refractivity contribution is 0.0389. The number of ether oxygens (including phenoxy) is 1. The van der Waals surface area contributed by atoms with Gasteiger partial charge in [-0.25, -0.2) is 4.39 Å². The Hall–Kier alpha value is -0.110. The number of rotatable bonds is 1. The van der Waals surface area contributed by atoms with Crippen LogP contribution < -0.4 is 0 Å². The Balaban J connectivity index is 2.35. The molecule has 0 unspecified atom stereocenters. The van der Waals surface area contributed by atoms with Crippen LogP contribution in [0.4, 0.5) is 4.39 Å². The molecule has 0 bridgehead atoms. The summed E-state index contributed by atoms with van der Waals surface area (Å²) in [5.74, 6) is 0. The average molecular weight is 132 g/mol. The maximum atomic E-state index is 12.6. The molecule has 0 aromatic carbocycles. The SMILES string of the molecule is CC[C@@H]1C[C@H](F)[C@H](C)O1. The average Bonchev–Trinajstić information content (AvgIpc) is 2.13. The van der Waals surface area contributed by atoms with E-state index < -0.39 is 6.17 Å². The summed E-state index contributed by atoms with van der Waals surface area (Å²) < 4.78 is 17.9. The van der Waals surface area contributed by atoms with Crippen LogP contribution in [0.2, 0.25) is 0 Å². The van der Waals surface area contributed by atoms with E-state index in [4.69, 9.17) is 4.74 Å². The minimum absolute atomic E-state index is 0.171. The Morgan fingerprint density at radius 2 is 2.33 bits per heavy atom. The van der Waals surface area contributed by atoms with E-state index in [1.165, 1.54) is 0 Å². The molecule has 1 aliphatic heterocycles. The first-order chi connectivity index (χ1) is 4.24. The van der Waals surface area contributed by atoms with E-state index in [0.29, 0.717) is 6.42 Å². The highest BCUT2D eigenvalue weighted by Crippen LogP contribution is 2.24. The van der Waals surface area contributed by atoms with Gasteiger partial charge in [-0.2, -0.15) is 0 Å². The molecule has 1 heterocycles. The van der Waals surface area contributed by atoms with Gasteiger partial charge in [0.25, 0.3) is 0 Å². The van der Waals surface area contributed by atoms with Crippen LogP contribution in [0.15, 0.2) is 0 Å². The smallest absolute Gasteiger partial charge is 0.128 e. The molecular weight excluding hydrogens is 119 g/mol. The second-order valence-corrected chi connectivity index (χ2v) is 2.62. The van der Waals surface area contributed by atoms with E-state index in [0.717, 1.165) is 6.42 Å². The molecule has 0 radical (unpaired) electrons. The first-order valence-corrected chi connectivity index (χ1v) is 3.53. The Morgan fingerprint density at radius 1 is 1.67 bits per heavy atom. The Morgan fingerprint density at radius 3 is 2.56 bits per heavy atom. The molecule has 0 aromatic rings. The molecule has 0 aliphatic carbocycles. The Bertz CT molecular complexity index is 84.9. The third-order valence-corrected chi connectivity index (χ3v) is 1.86. The van der Waals surface area contributed by atoms with Crippen molar-refractivity contribution in [3.05, 3.63) is 0 Å². The topological polar surface area (TPSA) is 9.23 Å². The molecule has 0 spiro atoms. The van der Waals surface area contributed by atoms with Crippen LogP contribution in [0.25, 0.3) is 0 Å². The van der Waals surface area contributed by atoms with Crippen molar-refractivity contribution in [2.45, 2.75) is 45.1 Å². The summed E-state index contributed by atoms with van der Waals surface area (Å²) in [5, 5.41) is 0.